The van der Waals surface area contributed by atoms with Crippen LogP contribution in [-0.2, 0) is 0 Å². The van der Waals surface area contributed by atoms with Crippen molar-refractivity contribution < 1.29 is 4.39 Å². The molecule has 1 fully saturated rings. The van der Waals surface area contributed by atoms with E-state index < -0.39 is 0 Å². The highest BCUT2D eigenvalue weighted by Crippen LogP contribution is 2.19. The maximum atomic E-state index is 12.8. The average molecular weight is 251 g/mol. The van der Waals surface area contributed by atoms with Crippen LogP contribution in [0.1, 0.15) is 44.3 Å². The molecule has 0 aromatic carbocycles. The zero-order valence-electron chi connectivity index (χ0n) is 11.0. The van der Waals surface area contributed by atoms with Gasteiger partial charge in [0.1, 0.15) is 5.82 Å². The molecule has 2 N–H and O–H groups in total. The van der Waals surface area contributed by atoms with E-state index in [4.69, 9.17) is 5.73 Å². The zero-order valence-corrected chi connectivity index (χ0v) is 11.0. The first-order chi connectivity index (χ1) is 8.66. The molecular weight excluding hydrogens is 229 g/mol. The number of likely N-dealkylation sites (tertiary alicyclic amines) is 1. The van der Waals surface area contributed by atoms with Crippen molar-refractivity contribution in [1.29, 1.82) is 0 Å². The number of hydrogen-bond acceptors (Lipinski definition) is 3. The summed E-state index contributed by atoms with van der Waals surface area (Å²) in [5.74, 6) is -0.310. The summed E-state index contributed by atoms with van der Waals surface area (Å²) >= 11 is 0. The monoisotopic (exact) mass is 251 g/mol. The number of halogens is 1. The number of aromatic nitrogens is 1. The second-order valence-corrected chi connectivity index (χ2v) is 5.18. The Kier molecular flexibility index (Phi) is 4.66. The lowest BCUT2D eigenvalue weighted by Gasteiger charge is -2.33. The van der Waals surface area contributed by atoms with Crippen molar-refractivity contribution in [3.63, 3.8) is 0 Å². The van der Waals surface area contributed by atoms with Crippen molar-refractivity contribution >= 4 is 0 Å². The summed E-state index contributed by atoms with van der Waals surface area (Å²) in [4.78, 5) is 6.54. The molecule has 1 aromatic rings. The lowest BCUT2D eigenvalue weighted by Crippen LogP contribution is -2.39. The van der Waals surface area contributed by atoms with Gasteiger partial charge in [0.25, 0.3) is 0 Å². The third-order valence-electron chi connectivity index (χ3n) is 3.80. The Bertz CT molecular complexity index is 366. The highest BCUT2D eigenvalue weighted by atomic mass is 19.1. The van der Waals surface area contributed by atoms with E-state index in [1.165, 1.54) is 38.1 Å². The lowest BCUT2D eigenvalue weighted by molar-refractivity contribution is 0.155. The molecule has 2 rings (SSSR count). The van der Waals surface area contributed by atoms with Crippen molar-refractivity contribution in [2.75, 3.05) is 13.1 Å². The Morgan fingerprint density at radius 3 is 3.00 bits per heavy atom. The molecule has 0 spiro atoms. The van der Waals surface area contributed by atoms with Gasteiger partial charge in [-0.05, 0) is 44.9 Å². The molecule has 0 aliphatic carbocycles. The van der Waals surface area contributed by atoms with Gasteiger partial charge in [0.2, 0.25) is 0 Å². The van der Waals surface area contributed by atoms with Gasteiger partial charge in [0.15, 0.2) is 0 Å². The molecule has 100 valence electrons. The summed E-state index contributed by atoms with van der Waals surface area (Å²) in [6.45, 7) is 4.45. The van der Waals surface area contributed by atoms with E-state index >= 15 is 0 Å². The molecule has 1 aromatic heterocycles. The van der Waals surface area contributed by atoms with Crippen LogP contribution in [0.5, 0.6) is 0 Å². The first-order valence-corrected chi connectivity index (χ1v) is 6.78. The van der Waals surface area contributed by atoms with Crippen molar-refractivity contribution in [2.24, 2.45) is 5.73 Å². The van der Waals surface area contributed by atoms with Crippen molar-refractivity contribution in [3.05, 3.63) is 29.8 Å². The van der Waals surface area contributed by atoms with Crippen molar-refractivity contribution in [3.8, 4) is 0 Å². The van der Waals surface area contributed by atoms with Gasteiger partial charge in [-0.3, -0.25) is 4.98 Å². The highest BCUT2D eigenvalue weighted by molar-refractivity contribution is 5.09. The van der Waals surface area contributed by atoms with Crippen LogP contribution in [0.25, 0.3) is 0 Å². The summed E-state index contributed by atoms with van der Waals surface area (Å²) in [6.07, 6.45) is 6.02. The minimum absolute atomic E-state index is 0.0975. The second kappa shape index (κ2) is 6.25. The largest absolute Gasteiger partial charge is 0.323 e. The van der Waals surface area contributed by atoms with Gasteiger partial charge in [-0.15, -0.1) is 0 Å². The first kappa shape index (κ1) is 13.4. The Balaban J connectivity index is 1.83. The molecule has 18 heavy (non-hydrogen) atoms. The second-order valence-electron chi connectivity index (χ2n) is 5.18. The standard InChI is InChI=1S/C14H22FN3/c1-11-4-2-3-8-18(11)9-7-13(16)14-6-5-12(15)10-17-14/h5-6,10-11,13H,2-4,7-9,16H2,1H3. The molecule has 0 bridgehead atoms. The fourth-order valence-electron chi connectivity index (χ4n) is 2.55. The summed E-state index contributed by atoms with van der Waals surface area (Å²) < 4.78 is 12.8. The van der Waals surface area contributed by atoms with Crippen LogP contribution in [-0.4, -0.2) is 29.0 Å². The molecule has 1 aliphatic heterocycles. The number of piperidine rings is 1. The van der Waals surface area contributed by atoms with E-state index in [0.717, 1.165) is 18.7 Å². The van der Waals surface area contributed by atoms with E-state index in [2.05, 4.69) is 16.8 Å². The summed E-state index contributed by atoms with van der Waals surface area (Å²) in [6, 6.07) is 3.66. The van der Waals surface area contributed by atoms with Crippen molar-refractivity contribution in [1.82, 2.24) is 9.88 Å². The Morgan fingerprint density at radius 2 is 2.33 bits per heavy atom. The van der Waals surface area contributed by atoms with E-state index in [1.54, 1.807) is 6.07 Å². The molecule has 3 nitrogen and oxygen atoms in total. The predicted octanol–water partition coefficient (Wildman–Crippen LogP) is 2.49. The van der Waals surface area contributed by atoms with E-state index in [-0.39, 0.29) is 11.9 Å². The molecule has 4 heteroatoms. The molecule has 2 heterocycles. The summed E-state index contributed by atoms with van der Waals surface area (Å²) in [7, 11) is 0. The Labute approximate surface area is 108 Å². The van der Waals surface area contributed by atoms with Gasteiger partial charge < -0.3 is 10.6 Å². The molecule has 0 radical (unpaired) electrons. The average Bonchev–Trinajstić information content (AvgIpc) is 2.38. The smallest absolute Gasteiger partial charge is 0.141 e. The summed E-state index contributed by atoms with van der Waals surface area (Å²) in [5.41, 5.74) is 6.87. The third-order valence-corrected chi connectivity index (χ3v) is 3.80. The van der Waals surface area contributed by atoms with Crippen LogP contribution in [0.3, 0.4) is 0 Å². The topological polar surface area (TPSA) is 42.1 Å². The first-order valence-electron chi connectivity index (χ1n) is 6.78. The van der Waals surface area contributed by atoms with Gasteiger partial charge in [-0.2, -0.15) is 0 Å². The molecular formula is C14H22FN3. The quantitative estimate of drug-likeness (QED) is 0.894. The van der Waals surface area contributed by atoms with E-state index in [0.29, 0.717) is 6.04 Å². The SMILES string of the molecule is CC1CCCCN1CCC(N)c1ccc(F)cn1. The molecule has 1 aliphatic rings. The number of hydrogen-bond donors (Lipinski definition) is 1. The maximum absolute atomic E-state index is 12.8. The zero-order chi connectivity index (χ0) is 13.0. The van der Waals surface area contributed by atoms with Crippen LogP contribution < -0.4 is 5.73 Å². The van der Waals surface area contributed by atoms with Crippen LogP contribution in [0.15, 0.2) is 18.3 Å². The predicted molar refractivity (Wildman–Crippen MR) is 70.6 cm³/mol. The normalized spacial score (nSPS) is 22.9. The van der Waals surface area contributed by atoms with Gasteiger partial charge in [0.05, 0.1) is 11.9 Å². The number of pyridine rings is 1. The number of nitrogens with zero attached hydrogens (tertiary/aromatic N) is 2. The molecule has 1 saturated heterocycles. The fraction of sp³-hybridized carbons (Fsp3) is 0.643. The third kappa shape index (κ3) is 3.50. The highest BCUT2D eigenvalue weighted by Gasteiger charge is 2.19. The van der Waals surface area contributed by atoms with Crippen LogP contribution in [0, 0.1) is 5.82 Å². The Morgan fingerprint density at radius 1 is 1.50 bits per heavy atom. The van der Waals surface area contributed by atoms with Gasteiger partial charge in [-0.1, -0.05) is 6.42 Å². The summed E-state index contributed by atoms with van der Waals surface area (Å²) in [5, 5.41) is 0. The van der Waals surface area contributed by atoms with E-state index in [1.807, 2.05) is 0 Å². The van der Waals surface area contributed by atoms with Crippen molar-refractivity contribution in [2.45, 2.75) is 44.7 Å². The molecule has 0 saturated carbocycles. The van der Waals surface area contributed by atoms with Gasteiger partial charge in [0, 0.05) is 18.6 Å². The lowest BCUT2D eigenvalue weighted by atomic mass is 10.0. The van der Waals surface area contributed by atoms with E-state index in [9.17, 15) is 4.39 Å². The molecule has 2 unspecified atom stereocenters. The number of nitrogens with two attached hydrogens (primary N) is 1. The Hall–Kier alpha value is -1.00. The molecule has 2 atom stereocenters. The minimum atomic E-state index is -0.310. The van der Waals surface area contributed by atoms with Crippen LogP contribution in [0.4, 0.5) is 4.39 Å². The maximum Gasteiger partial charge on any atom is 0.141 e. The minimum Gasteiger partial charge on any atom is -0.323 e. The molecule has 0 amide bonds. The van der Waals surface area contributed by atoms with Gasteiger partial charge in [-0.25, -0.2) is 4.39 Å². The van der Waals surface area contributed by atoms with Crippen LogP contribution >= 0.6 is 0 Å². The van der Waals surface area contributed by atoms with Crippen LogP contribution in [0.2, 0.25) is 0 Å². The fourth-order valence-corrected chi connectivity index (χ4v) is 2.55. The van der Waals surface area contributed by atoms with Gasteiger partial charge >= 0.3 is 0 Å². The number of rotatable bonds is 4.